The Hall–Kier alpha value is -1.77. The molecular weight excluding hydrogens is 222 g/mol. The van der Waals surface area contributed by atoms with E-state index < -0.39 is 0 Å². The first-order chi connectivity index (χ1) is 8.85. The van der Waals surface area contributed by atoms with Crippen LogP contribution in [0.25, 0.3) is 5.69 Å². The predicted molar refractivity (Wildman–Crippen MR) is 76.1 cm³/mol. The Morgan fingerprint density at radius 2 is 2.00 bits per heavy atom. The van der Waals surface area contributed by atoms with Crippen LogP contribution in [0.3, 0.4) is 0 Å². The molecule has 0 spiro atoms. The van der Waals surface area contributed by atoms with E-state index in [0.29, 0.717) is 0 Å². The maximum Gasteiger partial charge on any atom is 0.0992 e. The summed E-state index contributed by atoms with van der Waals surface area (Å²) in [6.45, 7) is 5.52. The first-order valence-corrected chi connectivity index (χ1v) is 6.66. The highest BCUT2D eigenvalue weighted by Gasteiger charge is 2.06. The standard InChI is InChI=1S/C15H21N3/c1-3-13(4-2)11-17-14-7-5-6-8-15(14)18-10-9-16-12-18/h5-10,12-13,17H,3-4,11H2,1-2H3. The molecule has 0 aliphatic heterocycles. The van der Waals surface area contributed by atoms with Gasteiger partial charge < -0.3 is 9.88 Å². The van der Waals surface area contributed by atoms with Crippen LogP contribution in [0.2, 0.25) is 0 Å². The van der Waals surface area contributed by atoms with Crippen molar-refractivity contribution in [2.45, 2.75) is 26.7 Å². The van der Waals surface area contributed by atoms with Crippen LogP contribution in [0.1, 0.15) is 26.7 Å². The molecule has 0 saturated carbocycles. The van der Waals surface area contributed by atoms with Crippen LogP contribution < -0.4 is 5.32 Å². The summed E-state index contributed by atoms with van der Waals surface area (Å²) in [4.78, 5) is 4.10. The van der Waals surface area contributed by atoms with Crippen molar-refractivity contribution >= 4 is 5.69 Å². The van der Waals surface area contributed by atoms with Crippen LogP contribution in [0, 0.1) is 5.92 Å². The minimum Gasteiger partial charge on any atom is -0.383 e. The molecule has 1 heterocycles. The zero-order valence-corrected chi connectivity index (χ0v) is 11.1. The van der Waals surface area contributed by atoms with Gasteiger partial charge >= 0.3 is 0 Å². The number of benzene rings is 1. The van der Waals surface area contributed by atoms with Gasteiger partial charge in [0.05, 0.1) is 17.7 Å². The molecule has 1 aromatic heterocycles. The van der Waals surface area contributed by atoms with E-state index >= 15 is 0 Å². The first-order valence-electron chi connectivity index (χ1n) is 6.66. The molecule has 0 saturated heterocycles. The van der Waals surface area contributed by atoms with Crippen molar-refractivity contribution in [3.8, 4) is 5.69 Å². The molecule has 18 heavy (non-hydrogen) atoms. The van der Waals surface area contributed by atoms with E-state index in [0.717, 1.165) is 18.2 Å². The predicted octanol–water partition coefficient (Wildman–Crippen LogP) is 3.72. The van der Waals surface area contributed by atoms with Gasteiger partial charge in [0.2, 0.25) is 0 Å². The lowest BCUT2D eigenvalue weighted by atomic mass is 10.0. The maximum absolute atomic E-state index is 4.10. The smallest absolute Gasteiger partial charge is 0.0992 e. The van der Waals surface area contributed by atoms with Gasteiger partial charge in [-0.2, -0.15) is 0 Å². The zero-order valence-electron chi connectivity index (χ0n) is 11.1. The number of para-hydroxylation sites is 2. The molecule has 0 aliphatic carbocycles. The van der Waals surface area contributed by atoms with Gasteiger partial charge in [0.25, 0.3) is 0 Å². The summed E-state index contributed by atoms with van der Waals surface area (Å²) in [5.74, 6) is 0.737. The fourth-order valence-electron chi connectivity index (χ4n) is 2.08. The topological polar surface area (TPSA) is 29.9 Å². The lowest BCUT2D eigenvalue weighted by Crippen LogP contribution is -2.13. The van der Waals surface area contributed by atoms with E-state index in [-0.39, 0.29) is 0 Å². The molecule has 0 unspecified atom stereocenters. The highest BCUT2D eigenvalue weighted by atomic mass is 15.1. The molecule has 1 aromatic carbocycles. The van der Waals surface area contributed by atoms with E-state index in [1.807, 2.05) is 17.1 Å². The number of nitrogens with zero attached hydrogens (tertiary/aromatic N) is 2. The van der Waals surface area contributed by atoms with Crippen molar-refractivity contribution in [1.29, 1.82) is 0 Å². The highest BCUT2D eigenvalue weighted by Crippen LogP contribution is 2.20. The number of anilines is 1. The fourth-order valence-corrected chi connectivity index (χ4v) is 2.08. The summed E-state index contributed by atoms with van der Waals surface area (Å²) >= 11 is 0. The maximum atomic E-state index is 4.10. The van der Waals surface area contributed by atoms with Crippen LogP contribution in [-0.2, 0) is 0 Å². The second kappa shape index (κ2) is 6.24. The second-order valence-corrected chi connectivity index (χ2v) is 4.55. The summed E-state index contributed by atoms with van der Waals surface area (Å²) in [5, 5.41) is 3.55. The van der Waals surface area contributed by atoms with Gasteiger partial charge in [-0.1, -0.05) is 38.8 Å². The average Bonchev–Trinajstić information content (AvgIpc) is 2.94. The average molecular weight is 243 g/mol. The highest BCUT2D eigenvalue weighted by molar-refractivity contribution is 5.60. The molecule has 96 valence electrons. The molecule has 3 nitrogen and oxygen atoms in total. The number of rotatable bonds is 6. The number of hydrogen-bond acceptors (Lipinski definition) is 2. The fraction of sp³-hybridized carbons (Fsp3) is 0.400. The monoisotopic (exact) mass is 243 g/mol. The Balaban J connectivity index is 2.13. The number of hydrogen-bond donors (Lipinski definition) is 1. The Morgan fingerprint density at radius 1 is 1.22 bits per heavy atom. The summed E-state index contributed by atoms with van der Waals surface area (Å²) < 4.78 is 2.04. The van der Waals surface area contributed by atoms with Crippen molar-refractivity contribution in [3.63, 3.8) is 0 Å². The van der Waals surface area contributed by atoms with E-state index in [4.69, 9.17) is 0 Å². The van der Waals surface area contributed by atoms with E-state index in [9.17, 15) is 0 Å². The van der Waals surface area contributed by atoms with Gasteiger partial charge in [-0.25, -0.2) is 4.98 Å². The molecule has 0 fully saturated rings. The molecule has 0 bridgehead atoms. The third kappa shape index (κ3) is 2.92. The Morgan fingerprint density at radius 3 is 2.67 bits per heavy atom. The molecule has 1 N–H and O–H groups in total. The lowest BCUT2D eigenvalue weighted by Gasteiger charge is -2.17. The lowest BCUT2D eigenvalue weighted by molar-refractivity contribution is 0.519. The van der Waals surface area contributed by atoms with E-state index in [1.165, 1.54) is 18.5 Å². The van der Waals surface area contributed by atoms with Crippen LogP contribution in [0.4, 0.5) is 5.69 Å². The largest absolute Gasteiger partial charge is 0.383 e. The van der Waals surface area contributed by atoms with Crippen molar-refractivity contribution in [2.75, 3.05) is 11.9 Å². The van der Waals surface area contributed by atoms with E-state index in [2.05, 4.69) is 48.4 Å². The third-order valence-electron chi connectivity index (χ3n) is 3.42. The van der Waals surface area contributed by atoms with Crippen molar-refractivity contribution in [2.24, 2.45) is 5.92 Å². The molecule has 0 amide bonds. The number of nitrogens with one attached hydrogen (secondary N) is 1. The molecule has 2 rings (SSSR count). The van der Waals surface area contributed by atoms with Crippen molar-refractivity contribution in [1.82, 2.24) is 9.55 Å². The third-order valence-corrected chi connectivity index (χ3v) is 3.42. The Bertz CT molecular complexity index is 458. The summed E-state index contributed by atoms with van der Waals surface area (Å²) in [6.07, 6.45) is 8.04. The van der Waals surface area contributed by atoms with Gasteiger partial charge in [0.1, 0.15) is 0 Å². The van der Waals surface area contributed by atoms with Crippen LogP contribution >= 0.6 is 0 Å². The normalized spacial score (nSPS) is 10.8. The number of aromatic nitrogens is 2. The van der Waals surface area contributed by atoms with Gasteiger partial charge in [-0.3, -0.25) is 0 Å². The Kier molecular flexibility index (Phi) is 4.40. The molecule has 3 heteroatoms. The Labute approximate surface area is 109 Å². The van der Waals surface area contributed by atoms with Gasteiger partial charge in [0.15, 0.2) is 0 Å². The molecular formula is C15H21N3. The molecule has 0 aliphatic rings. The van der Waals surface area contributed by atoms with Crippen LogP contribution in [0.5, 0.6) is 0 Å². The summed E-state index contributed by atoms with van der Waals surface area (Å²) in [5.41, 5.74) is 2.32. The van der Waals surface area contributed by atoms with Crippen LogP contribution in [-0.4, -0.2) is 16.1 Å². The molecule has 0 atom stereocenters. The first kappa shape index (κ1) is 12.7. The van der Waals surface area contributed by atoms with Gasteiger partial charge in [-0.05, 0) is 18.1 Å². The SMILES string of the molecule is CCC(CC)CNc1ccccc1-n1ccnc1. The quantitative estimate of drug-likeness (QED) is 0.838. The molecule has 0 radical (unpaired) electrons. The van der Waals surface area contributed by atoms with Gasteiger partial charge in [-0.15, -0.1) is 0 Å². The van der Waals surface area contributed by atoms with Crippen molar-refractivity contribution < 1.29 is 0 Å². The van der Waals surface area contributed by atoms with Crippen LogP contribution in [0.15, 0.2) is 43.0 Å². The van der Waals surface area contributed by atoms with Crippen molar-refractivity contribution in [3.05, 3.63) is 43.0 Å². The number of imidazole rings is 1. The minimum absolute atomic E-state index is 0.737. The minimum atomic E-state index is 0.737. The second-order valence-electron chi connectivity index (χ2n) is 4.55. The molecule has 2 aromatic rings. The zero-order chi connectivity index (χ0) is 12.8. The summed E-state index contributed by atoms with van der Waals surface area (Å²) in [6, 6.07) is 8.35. The summed E-state index contributed by atoms with van der Waals surface area (Å²) in [7, 11) is 0. The van der Waals surface area contributed by atoms with Gasteiger partial charge in [0, 0.05) is 18.9 Å². The van der Waals surface area contributed by atoms with E-state index in [1.54, 1.807) is 6.20 Å².